The number of hydrogen-bond donors (Lipinski definition) is 1. The van der Waals surface area contributed by atoms with Gasteiger partial charge in [0, 0.05) is 6.04 Å². The number of carboxylic acid groups (broad SMARTS) is 1. The van der Waals surface area contributed by atoms with Crippen LogP contribution < -0.4 is 0 Å². The molecule has 1 saturated carbocycles. The standard InChI is InChI=1S/C8H15NO2.ClH/c1-3-9(2)7-4-6(5-7)8(10)11;/h6-7H,3-5H2,1-2H3,(H,10,11);1H. The molecule has 72 valence electrons. The van der Waals surface area contributed by atoms with Crippen LogP contribution in [-0.4, -0.2) is 35.6 Å². The van der Waals surface area contributed by atoms with Gasteiger partial charge in [-0.15, -0.1) is 12.4 Å². The van der Waals surface area contributed by atoms with Gasteiger partial charge < -0.3 is 10.0 Å². The van der Waals surface area contributed by atoms with Gasteiger partial charge in [0.25, 0.3) is 0 Å². The Balaban J connectivity index is 0.00000121. The molecule has 0 aliphatic heterocycles. The van der Waals surface area contributed by atoms with Gasteiger partial charge in [0.15, 0.2) is 0 Å². The van der Waals surface area contributed by atoms with Crippen LogP contribution in [0.25, 0.3) is 0 Å². The Morgan fingerprint density at radius 2 is 2.08 bits per heavy atom. The van der Waals surface area contributed by atoms with E-state index in [0.29, 0.717) is 6.04 Å². The van der Waals surface area contributed by atoms with Crippen molar-refractivity contribution >= 4 is 18.4 Å². The lowest BCUT2D eigenvalue weighted by Gasteiger charge is -2.38. The maximum Gasteiger partial charge on any atom is 0.306 e. The van der Waals surface area contributed by atoms with Crippen LogP contribution in [0, 0.1) is 5.92 Å². The quantitative estimate of drug-likeness (QED) is 0.733. The highest BCUT2D eigenvalue weighted by molar-refractivity contribution is 5.85. The molecule has 1 rings (SSSR count). The van der Waals surface area contributed by atoms with E-state index in [0.717, 1.165) is 19.4 Å². The molecule has 0 unspecified atom stereocenters. The lowest BCUT2D eigenvalue weighted by Crippen LogP contribution is -2.45. The minimum Gasteiger partial charge on any atom is -0.481 e. The average Bonchev–Trinajstić information content (AvgIpc) is 1.83. The Kier molecular flexibility index (Phi) is 4.57. The summed E-state index contributed by atoms with van der Waals surface area (Å²) < 4.78 is 0. The molecule has 0 radical (unpaired) electrons. The highest BCUT2D eigenvalue weighted by Crippen LogP contribution is 2.30. The van der Waals surface area contributed by atoms with Crippen molar-refractivity contribution in [3.8, 4) is 0 Å². The Morgan fingerprint density at radius 3 is 2.42 bits per heavy atom. The summed E-state index contributed by atoms with van der Waals surface area (Å²) in [5.74, 6) is -0.709. The van der Waals surface area contributed by atoms with Crippen molar-refractivity contribution in [2.24, 2.45) is 5.92 Å². The Hall–Kier alpha value is -0.280. The lowest BCUT2D eigenvalue weighted by atomic mass is 9.79. The SMILES string of the molecule is CCN(C)C1CC(C(=O)O)C1.Cl. The van der Waals surface area contributed by atoms with Crippen molar-refractivity contribution in [2.45, 2.75) is 25.8 Å². The van der Waals surface area contributed by atoms with Crippen LogP contribution in [0.4, 0.5) is 0 Å². The van der Waals surface area contributed by atoms with E-state index in [4.69, 9.17) is 5.11 Å². The fourth-order valence-corrected chi connectivity index (χ4v) is 1.41. The molecule has 4 heteroatoms. The predicted octanol–water partition coefficient (Wildman–Crippen LogP) is 1.22. The van der Waals surface area contributed by atoms with E-state index < -0.39 is 5.97 Å². The maximum absolute atomic E-state index is 10.4. The molecule has 1 N–H and O–H groups in total. The van der Waals surface area contributed by atoms with E-state index in [-0.39, 0.29) is 18.3 Å². The first-order valence-electron chi connectivity index (χ1n) is 4.08. The number of rotatable bonds is 3. The third-order valence-corrected chi connectivity index (χ3v) is 2.58. The largest absolute Gasteiger partial charge is 0.481 e. The van der Waals surface area contributed by atoms with Gasteiger partial charge in [-0.1, -0.05) is 6.92 Å². The second-order valence-electron chi connectivity index (χ2n) is 3.23. The van der Waals surface area contributed by atoms with Gasteiger partial charge in [-0.2, -0.15) is 0 Å². The van der Waals surface area contributed by atoms with Gasteiger partial charge in [0.1, 0.15) is 0 Å². The molecule has 0 amide bonds. The molecule has 12 heavy (non-hydrogen) atoms. The summed E-state index contributed by atoms with van der Waals surface area (Å²) in [6.45, 7) is 3.10. The predicted molar refractivity (Wildman–Crippen MR) is 49.7 cm³/mol. The number of hydrogen-bond acceptors (Lipinski definition) is 2. The fraction of sp³-hybridized carbons (Fsp3) is 0.875. The number of carboxylic acids is 1. The Bertz CT molecular complexity index is 157. The van der Waals surface area contributed by atoms with Gasteiger partial charge in [-0.3, -0.25) is 4.79 Å². The number of aliphatic carboxylic acids is 1. The molecule has 1 aliphatic carbocycles. The molecule has 3 nitrogen and oxygen atoms in total. The zero-order valence-corrected chi connectivity index (χ0v) is 8.30. The van der Waals surface area contributed by atoms with Crippen LogP contribution in [0.15, 0.2) is 0 Å². The fourth-order valence-electron chi connectivity index (χ4n) is 1.41. The molecule has 0 bridgehead atoms. The number of halogens is 1. The van der Waals surface area contributed by atoms with Gasteiger partial charge in [0.05, 0.1) is 5.92 Å². The summed E-state index contributed by atoms with van der Waals surface area (Å²) in [7, 11) is 2.04. The van der Waals surface area contributed by atoms with Gasteiger partial charge in [-0.05, 0) is 26.4 Å². The van der Waals surface area contributed by atoms with Crippen molar-refractivity contribution < 1.29 is 9.90 Å². The van der Waals surface area contributed by atoms with Crippen molar-refractivity contribution in [3.05, 3.63) is 0 Å². The lowest BCUT2D eigenvalue weighted by molar-refractivity contribution is -0.146. The minimum atomic E-state index is -0.634. The molecule has 1 aliphatic rings. The summed E-state index contributed by atoms with van der Waals surface area (Å²) >= 11 is 0. The molecule has 0 saturated heterocycles. The normalized spacial score (nSPS) is 27.6. The summed E-state index contributed by atoms with van der Waals surface area (Å²) in [6, 6.07) is 0.515. The van der Waals surface area contributed by atoms with Crippen LogP contribution in [0.2, 0.25) is 0 Å². The van der Waals surface area contributed by atoms with Crippen LogP contribution in [0.5, 0.6) is 0 Å². The smallest absolute Gasteiger partial charge is 0.306 e. The molecular formula is C8H16ClNO2. The van der Waals surface area contributed by atoms with Crippen molar-refractivity contribution in [2.75, 3.05) is 13.6 Å². The molecule has 0 aromatic carbocycles. The summed E-state index contributed by atoms with van der Waals surface area (Å²) in [5, 5.41) is 8.59. The molecule has 1 fully saturated rings. The van der Waals surface area contributed by atoms with Gasteiger partial charge in [-0.25, -0.2) is 0 Å². The third kappa shape index (κ3) is 2.35. The topological polar surface area (TPSA) is 40.5 Å². The Morgan fingerprint density at radius 1 is 1.58 bits per heavy atom. The van der Waals surface area contributed by atoms with E-state index in [2.05, 4.69) is 11.8 Å². The highest BCUT2D eigenvalue weighted by atomic mass is 35.5. The van der Waals surface area contributed by atoms with Crippen molar-refractivity contribution in [3.63, 3.8) is 0 Å². The van der Waals surface area contributed by atoms with E-state index >= 15 is 0 Å². The number of carbonyl (C=O) groups is 1. The summed E-state index contributed by atoms with van der Waals surface area (Å²) in [5.41, 5.74) is 0. The first-order valence-corrected chi connectivity index (χ1v) is 4.08. The molecule has 0 atom stereocenters. The first-order chi connectivity index (χ1) is 5.15. The maximum atomic E-state index is 10.4. The third-order valence-electron chi connectivity index (χ3n) is 2.58. The van der Waals surface area contributed by atoms with Crippen LogP contribution >= 0.6 is 12.4 Å². The molecule has 0 aromatic heterocycles. The van der Waals surface area contributed by atoms with Crippen LogP contribution in [0.1, 0.15) is 19.8 Å². The van der Waals surface area contributed by atoms with E-state index in [1.807, 2.05) is 7.05 Å². The van der Waals surface area contributed by atoms with E-state index in [1.165, 1.54) is 0 Å². The minimum absolute atomic E-state index is 0. The van der Waals surface area contributed by atoms with Crippen LogP contribution in [-0.2, 0) is 4.79 Å². The van der Waals surface area contributed by atoms with Crippen molar-refractivity contribution in [1.82, 2.24) is 4.90 Å². The first kappa shape index (κ1) is 11.7. The zero-order valence-electron chi connectivity index (χ0n) is 7.49. The van der Waals surface area contributed by atoms with E-state index in [1.54, 1.807) is 0 Å². The van der Waals surface area contributed by atoms with Crippen LogP contribution in [0.3, 0.4) is 0 Å². The average molecular weight is 194 g/mol. The van der Waals surface area contributed by atoms with E-state index in [9.17, 15) is 4.79 Å². The summed E-state index contributed by atoms with van der Waals surface area (Å²) in [4.78, 5) is 12.6. The molecule has 0 spiro atoms. The summed E-state index contributed by atoms with van der Waals surface area (Å²) in [6.07, 6.45) is 1.67. The highest BCUT2D eigenvalue weighted by Gasteiger charge is 2.35. The van der Waals surface area contributed by atoms with Gasteiger partial charge in [0.2, 0.25) is 0 Å². The molecule has 0 aromatic rings. The molecular weight excluding hydrogens is 178 g/mol. The Labute approximate surface area is 79.2 Å². The number of nitrogens with zero attached hydrogens (tertiary/aromatic N) is 1. The second kappa shape index (κ2) is 4.67. The molecule has 0 heterocycles. The zero-order chi connectivity index (χ0) is 8.43. The van der Waals surface area contributed by atoms with Crippen molar-refractivity contribution in [1.29, 1.82) is 0 Å². The van der Waals surface area contributed by atoms with Gasteiger partial charge >= 0.3 is 5.97 Å². The second-order valence-corrected chi connectivity index (χ2v) is 3.23. The monoisotopic (exact) mass is 193 g/mol.